The second-order valence-corrected chi connectivity index (χ2v) is 18.6. The molecule has 1 amide bonds. The number of likely N-dealkylation sites (N-methyl/N-ethyl adjacent to an activating group) is 1. The van der Waals surface area contributed by atoms with Gasteiger partial charge in [-0.25, -0.2) is 0 Å². The van der Waals surface area contributed by atoms with Gasteiger partial charge in [-0.1, -0.05) is 25.5 Å². The van der Waals surface area contributed by atoms with Crippen LogP contribution in [-0.2, 0) is 41.1 Å². The number of piperidine rings is 1. The first kappa shape index (κ1) is 38.6. The normalized spacial score (nSPS) is 35.2. The van der Waals surface area contributed by atoms with Gasteiger partial charge >= 0.3 is 11.9 Å². The molecule has 8 aliphatic rings. The van der Waals surface area contributed by atoms with E-state index in [0.29, 0.717) is 18.0 Å². The lowest BCUT2D eigenvalue weighted by molar-refractivity contribution is -0.154. The van der Waals surface area contributed by atoms with E-state index in [2.05, 4.69) is 66.5 Å². The van der Waals surface area contributed by atoms with Crippen molar-refractivity contribution in [1.82, 2.24) is 14.4 Å². The largest absolute Gasteiger partial charge is 0.496 e. The van der Waals surface area contributed by atoms with Gasteiger partial charge in [0.25, 0.3) is 0 Å². The number of carbonyl (C=O) groups excluding carboxylic acids is 3. The van der Waals surface area contributed by atoms with Gasteiger partial charge in [0.05, 0.1) is 64.0 Å². The van der Waals surface area contributed by atoms with Gasteiger partial charge in [0.2, 0.25) is 5.91 Å². The van der Waals surface area contributed by atoms with E-state index in [1.165, 1.54) is 19.8 Å². The van der Waals surface area contributed by atoms with Crippen LogP contribution in [-0.4, -0.2) is 105 Å². The van der Waals surface area contributed by atoms with Gasteiger partial charge in [-0.15, -0.1) is 0 Å². The van der Waals surface area contributed by atoms with Gasteiger partial charge in [0.1, 0.15) is 17.2 Å². The number of aromatic nitrogens is 1. The molecular formula is C47H58N4O8. The number of hydrogen-bond acceptors (Lipinski definition) is 10. The molecule has 5 saturated heterocycles. The number of amides is 1. The number of hydrogen-bond donors (Lipinski definition) is 0. The molecule has 12 nitrogen and oxygen atoms in total. The van der Waals surface area contributed by atoms with E-state index in [9.17, 15) is 14.4 Å². The summed E-state index contributed by atoms with van der Waals surface area (Å²) in [5, 5.41) is 0.917. The van der Waals surface area contributed by atoms with Crippen molar-refractivity contribution in [3.8, 4) is 22.6 Å². The molecule has 6 aliphatic heterocycles. The van der Waals surface area contributed by atoms with Crippen LogP contribution >= 0.6 is 0 Å². The maximum Gasteiger partial charge on any atom is 0.313 e. The predicted molar refractivity (Wildman–Crippen MR) is 223 cm³/mol. The van der Waals surface area contributed by atoms with E-state index in [0.717, 1.165) is 82.5 Å². The van der Waals surface area contributed by atoms with E-state index in [-0.39, 0.29) is 65.7 Å². The van der Waals surface area contributed by atoms with Gasteiger partial charge < -0.3 is 38.1 Å². The number of aryl methyl sites for hydroxylation is 1. The first-order chi connectivity index (χ1) is 28.3. The predicted octanol–water partition coefficient (Wildman–Crippen LogP) is 6.25. The van der Waals surface area contributed by atoms with Crippen LogP contribution < -0.4 is 14.4 Å². The van der Waals surface area contributed by atoms with Gasteiger partial charge in [0.15, 0.2) is 0 Å². The molecule has 0 N–H and O–H groups in total. The molecule has 6 fully saturated rings. The van der Waals surface area contributed by atoms with Crippen molar-refractivity contribution in [1.29, 1.82) is 0 Å². The number of allylic oxidation sites excluding steroid dienone is 1. The molecule has 3 aromatic rings. The summed E-state index contributed by atoms with van der Waals surface area (Å²) in [7, 11) is 10.6. The van der Waals surface area contributed by atoms with Crippen molar-refractivity contribution >= 4 is 34.4 Å². The van der Waals surface area contributed by atoms with Crippen molar-refractivity contribution < 1.29 is 38.1 Å². The maximum atomic E-state index is 14.2. The van der Waals surface area contributed by atoms with Gasteiger partial charge in [-0.05, 0) is 74.8 Å². The minimum atomic E-state index is -0.580. The summed E-state index contributed by atoms with van der Waals surface area (Å²) < 4.78 is 32.9. The van der Waals surface area contributed by atoms with E-state index >= 15 is 0 Å². The van der Waals surface area contributed by atoms with Crippen molar-refractivity contribution in [3.63, 3.8) is 0 Å². The molecule has 11 atom stereocenters. The summed E-state index contributed by atoms with van der Waals surface area (Å²) in [5.41, 5.74) is 8.18. The summed E-state index contributed by atoms with van der Waals surface area (Å²) in [4.78, 5) is 49.5. The van der Waals surface area contributed by atoms with Crippen LogP contribution in [0.25, 0.3) is 22.0 Å². The molecule has 2 aliphatic carbocycles. The molecule has 2 aromatic carbocycles. The van der Waals surface area contributed by atoms with E-state index in [1.807, 2.05) is 25.8 Å². The number of nitrogens with zero attached hydrogens (tertiary/aromatic N) is 4. The van der Waals surface area contributed by atoms with Crippen LogP contribution in [0.15, 0.2) is 29.8 Å². The lowest BCUT2D eigenvalue weighted by atomic mass is 9.54. The quantitative estimate of drug-likeness (QED) is 0.210. The summed E-state index contributed by atoms with van der Waals surface area (Å²) in [6.45, 7) is 12.5. The minimum Gasteiger partial charge on any atom is -0.496 e. The highest BCUT2D eigenvalue weighted by Gasteiger charge is 2.76. The Kier molecular flexibility index (Phi) is 8.50. The Hall–Kier alpha value is -4.55. The molecule has 2 unspecified atom stereocenters. The summed E-state index contributed by atoms with van der Waals surface area (Å²) >= 11 is 0. The Bertz CT molecular complexity index is 2380. The third-order valence-electron chi connectivity index (χ3n) is 16.5. The fourth-order valence-corrected chi connectivity index (χ4v) is 14.3. The number of fused-ring (bicyclic) bond motifs is 7. The van der Waals surface area contributed by atoms with Gasteiger partial charge in [0, 0.05) is 90.9 Å². The monoisotopic (exact) mass is 806 g/mol. The number of rotatable bonds is 6. The maximum absolute atomic E-state index is 14.2. The number of methoxy groups -OCH3 is 4. The molecule has 12 heteroatoms. The lowest BCUT2D eigenvalue weighted by Crippen LogP contribution is -2.66. The first-order valence-electron chi connectivity index (χ1n) is 21.5. The average molecular weight is 807 g/mol. The van der Waals surface area contributed by atoms with Crippen LogP contribution in [0.4, 0.5) is 5.69 Å². The van der Waals surface area contributed by atoms with Gasteiger partial charge in [-0.3, -0.25) is 19.3 Å². The molecule has 1 saturated carbocycles. The SMILES string of the molecule is C/C=C1/CN2CC[C@@]34c5cc(OC)c(-c6cc7c8c(n(C)c7cc6OC)[C@@H]6[C@H]7O[C@@H](C)[C@H](CN6C(=O)C(C)C)[C@H]7[C@H]8C(=O)OC)c(C)c5N(C)[C@@]23CC[C@H]1C4C(=O)OC. The molecule has 1 aromatic heterocycles. The number of esters is 2. The first-order valence-corrected chi connectivity index (χ1v) is 21.5. The van der Waals surface area contributed by atoms with E-state index < -0.39 is 17.0 Å². The molecule has 314 valence electrons. The number of carbonyl (C=O) groups is 3. The smallest absolute Gasteiger partial charge is 0.313 e. The number of likely N-dealkylation sites (tertiary alicyclic amines) is 1. The standard InChI is InChI=1S/C47H58N4O8/c1-12-25-20-50-16-15-46-30-18-33(56-9)34(23(4)39(30)49(7)47(46,50)14-13-26(25)38(46)45(54)58-11)28-17-27-31(19-32(28)55-8)48(6)40-35(27)37(44(53)57-10)36-29-21-51(43(52)22(2)3)41(40)42(36)59-24(29)5/h12,17-19,22,24,26,29,36-38,41-42H,13-16,20-21H2,1-11H3/b25-12-/t24-,26+,29-,36-,37-,38?,41+,42-,46-,47-/m0/s1. The molecule has 11 rings (SSSR count). The van der Waals surface area contributed by atoms with Gasteiger partial charge in [-0.2, -0.15) is 0 Å². The molecule has 0 radical (unpaired) electrons. The van der Waals surface area contributed by atoms with Crippen LogP contribution in [0.3, 0.4) is 0 Å². The Balaban J connectivity index is 1.23. The molecule has 1 spiro atoms. The second kappa shape index (κ2) is 13.0. The lowest BCUT2D eigenvalue weighted by Gasteiger charge is -2.54. The molecule has 59 heavy (non-hydrogen) atoms. The van der Waals surface area contributed by atoms with Crippen LogP contribution in [0.2, 0.25) is 0 Å². The number of benzene rings is 2. The summed E-state index contributed by atoms with van der Waals surface area (Å²) in [6, 6.07) is 6.08. The van der Waals surface area contributed by atoms with Crippen molar-refractivity contribution in [2.75, 3.05) is 60.0 Å². The third-order valence-corrected chi connectivity index (χ3v) is 16.5. The minimum absolute atomic E-state index is 0.0239. The van der Waals surface area contributed by atoms with E-state index in [1.54, 1.807) is 14.2 Å². The van der Waals surface area contributed by atoms with Crippen molar-refractivity contribution in [2.24, 2.45) is 36.6 Å². The fraction of sp³-hybridized carbons (Fsp3) is 0.596. The van der Waals surface area contributed by atoms with E-state index in [4.69, 9.17) is 23.7 Å². The molecule has 7 heterocycles. The Labute approximate surface area is 346 Å². The molecule has 8 bridgehead atoms. The number of anilines is 1. The zero-order valence-corrected chi connectivity index (χ0v) is 36.3. The fourth-order valence-electron chi connectivity index (χ4n) is 14.3. The highest BCUT2D eigenvalue weighted by atomic mass is 16.5. The topological polar surface area (TPSA) is 112 Å². The van der Waals surface area contributed by atoms with Crippen LogP contribution in [0.1, 0.15) is 81.3 Å². The molecular weight excluding hydrogens is 749 g/mol. The summed E-state index contributed by atoms with van der Waals surface area (Å²) in [5.74, 6) is -0.164. The number of ether oxygens (including phenoxy) is 5. The average Bonchev–Trinajstić information content (AvgIpc) is 3.80. The van der Waals surface area contributed by atoms with Crippen molar-refractivity contribution in [3.05, 3.63) is 52.2 Å². The summed E-state index contributed by atoms with van der Waals surface area (Å²) in [6.07, 6.45) is 4.47. The highest BCUT2D eigenvalue weighted by molar-refractivity contribution is 6.00. The zero-order valence-electron chi connectivity index (χ0n) is 36.3. The zero-order chi connectivity index (χ0) is 41.8. The van der Waals surface area contributed by atoms with Crippen molar-refractivity contribution in [2.45, 2.75) is 89.1 Å². The second-order valence-electron chi connectivity index (χ2n) is 18.6. The van der Waals surface area contributed by atoms with Crippen LogP contribution in [0.5, 0.6) is 11.5 Å². The Morgan fingerprint density at radius 3 is 2.37 bits per heavy atom. The Morgan fingerprint density at radius 1 is 0.983 bits per heavy atom. The Morgan fingerprint density at radius 2 is 1.71 bits per heavy atom. The third kappa shape index (κ3) is 4.44. The van der Waals surface area contributed by atoms with Crippen LogP contribution in [0, 0.1) is 36.5 Å². The highest BCUT2D eigenvalue weighted by Crippen LogP contribution is 2.71.